The van der Waals surface area contributed by atoms with Crippen LogP contribution in [-0.2, 0) is 6.54 Å². The zero-order valence-corrected chi connectivity index (χ0v) is 14.7. The zero-order chi connectivity index (χ0) is 16.9. The van der Waals surface area contributed by atoms with E-state index in [2.05, 4.69) is 31.2 Å². The fourth-order valence-corrected chi connectivity index (χ4v) is 3.76. The highest BCUT2D eigenvalue weighted by molar-refractivity contribution is 7.13. The Labute approximate surface area is 151 Å². The molecule has 0 amide bonds. The summed E-state index contributed by atoms with van der Waals surface area (Å²) in [7, 11) is 0. The predicted octanol–water partition coefficient (Wildman–Crippen LogP) is 3.80. The van der Waals surface area contributed by atoms with Crippen molar-refractivity contribution in [2.75, 3.05) is 11.9 Å². The predicted molar refractivity (Wildman–Crippen MR) is 98.7 cm³/mol. The number of likely N-dealkylation sites (tertiary alicyclic amines) is 1. The van der Waals surface area contributed by atoms with Crippen molar-refractivity contribution in [1.82, 2.24) is 24.8 Å². The van der Waals surface area contributed by atoms with Crippen molar-refractivity contribution in [1.29, 1.82) is 0 Å². The number of nitrogens with one attached hydrogen (secondary N) is 1. The van der Waals surface area contributed by atoms with Crippen LogP contribution in [0.4, 0.5) is 11.1 Å². The van der Waals surface area contributed by atoms with Gasteiger partial charge in [0.15, 0.2) is 5.13 Å². The van der Waals surface area contributed by atoms with Crippen LogP contribution < -0.4 is 5.32 Å². The van der Waals surface area contributed by atoms with E-state index >= 15 is 0 Å². The number of hydrogen-bond donors (Lipinski definition) is 1. The summed E-state index contributed by atoms with van der Waals surface area (Å²) in [6, 6.07) is 6.47. The molecule has 3 aromatic heterocycles. The Morgan fingerprint density at radius 2 is 2.16 bits per heavy atom. The average molecular weight is 352 g/mol. The molecule has 1 N–H and O–H groups in total. The third-order valence-electron chi connectivity index (χ3n) is 4.39. The number of anilines is 2. The maximum Gasteiger partial charge on any atom is 0.229 e. The first-order valence-corrected chi connectivity index (χ1v) is 9.39. The van der Waals surface area contributed by atoms with Gasteiger partial charge in [-0.15, -0.1) is 11.3 Å². The largest absolute Gasteiger partial charge is 0.300 e. The first-order chi connectivity index (χ1) is 12.4. The SMILES string of the molecule is c1cncc(CN2CCCCC2c2ccnc(Nc3nccs3)n2)c1. The first-order valence-electron chi connectivity index (χ1n) is 8.51. The summed E-state index contributed by atoms with van der Waals surface area (Å²) >= 11 is 1.54. The second kappa shape index (κ2) is 7.67. The molecule has 1 atom stereocenters. The van der Waals surface area contributed by atoms with Crippen LogP contribution in [0.1, 0.15) is 36.6 Å². The Kier molecular flexibility index (Phi) is 4.94. The lowest BCUT2D eigenvalue weighted by molar-refractivity contribution is 0.137. The van der Waals surface area contributed by atoms with Gasteiger partial charge >= 0.3 is 0 Å². The summed E-state index contributed by atoms with van der Waals surface area (Å²) in [4.78, 5) is 20.1. The van der Waals surface area contributed by atoms with Crippen molar-refractivity contribution in [3.05, 3.63) is 59.6 Å². The van der Waals surface area contributed by atoms with Crippen molar-refractivity contribution in [3.63, 3.8) is 0 Å². The molecular formula is C18H20N6S. The van der Waals surface area contributed by atoms with Crippen LogP contribution in [0.15, 0.2) is 48.4 Å². The molecule has 0 bridgehead atoms. The number of hydrogen-bond acceptors (Lipinski definition) is 7. The Morgan fingerprint density at radius 3 is 3.00 bits per heavy atom. The molecule has 0 radical (unpaired) electrons. The molecule has 0 aliphatic carbocycles. The highest BCUT2D eigenvalue weighted by Gasteiger charge is 2.25. The summed E-state index contributed by atoms with van der Waals surface area (Å²) in [6.45, 7) is 1.98. The van der Waals surface area contributed by atoms with Gasteiger partial charge in [0.05, 0.1) is 11.7 Å². The van der Waals surface area contributed by atoms with Gasteiger partial charge in [0.25, 0.3) is 0 Å². The maximum atomic E-state index is 4.75. The number of pyridine rings is 1. The van der Waals surface area contributed by atoms with E-state index in [0.717, 1.165) is 30.3 Å². The molecule has 4 rings (SSSR count). The summed E-state index contributed by atoms with van der Waals surface area (Å²) in [5.41, 5.74) is 2.31. The van der Waals surface area contributed by atoms with E-state index in [1.807, 2.05) is 36.1 Å². The molecule has 1 aliphatic rings. The number of aromatic nitrogens is 4. The van der Waals surface area contributed by atoms with Gasteiger partial charge in [0.2, 0.25) is 5.95 Å². The molecule has 7 heteroatoms. The molecule has 0 spiro atoms. The molecule has 128 valence electrons. The van der Waals surface area contributed by atoms with Gasteiger partial charge in [-0.1, -0.05) is 12.5 Å². The van der Waals surface area contributed by atoms with Crippen molar-refractivity contribution in [3.8, 4) is 0 Å². The Balaban J connectivity index is 1.53. The second-order valence-electron chi connectivity index (χ2n) is 6.11. The lowest BCUT2D eigenvalue weighted by atomic mass is 9.98. The summed E-state index contributed by atoms with van der Waals surface area (Å²) in [5, 5.41) is 5.93. The van der Waals surface area contributed by atoms with Crippen LogP contribution in [0.5, 0.6) is 0 Å². The van der Waals surface area contributed by atoms with E-state index in [1.165, 1.54) is 18.4 Å². The molecule has 1 saturated heterocycles. The van der Waals surface area contributed by atoms with Crippen molar-refractivity contribution >= 4 is 22.4 Å². The van der Waals surface area contributed by atoms with Crippen molar-refractivity contribution < 1.29 is 0 Å². The standard InChI is InChI=1S/C18H20N6S/c1-2-10-24(13-14-4-3-7-19-12-14)16(5-1)15-6-8-20-17(22-15)23-18-21-9-11-25-18/h3-4,6-9,11-12,16H,1-2,5,10,13H2,(H,20,21,22,23). The fraction of sp³-hybridized carbons (Fsp3) is 0.333. The van der Waals surface area contributed by atoms with Crippen molar-refractivity contribution in [2.45, 2.75) is 31.8 Å². The molecule has 0 aromatic carbocycles. The Bertz CT molecular complexity index is 792. The van der Waals surface area contributed by atoms with Crippen LogP contribution in [0.2, 0.25) is 0 Å². The van der Waals surface area contributed by atoms with E-state index in [-0.39, 0.29) is 0 Å². The van der Waals surface area contributed by atoms with E-state index < -0.39 is 0 Å². The molecule has 1 unspecified atom stereocenters. The molecule has 0 saturated carbocycles. The quantitative estimate of drug-likeness (QED) is 0.753. The minimum Gasteiger partial charge on any atom is -0.300 e. The molecule has 25 heavy (non-hydrogen) atoms. The third kappa shape index (κ3) is 4.00. The van der Waals surface area contributed by atoms with Crippen molar-refractivity contribution in [2.24, 2.45) is 0 Å². The Hall–Kier alpha value is -2.38. The minimum atomic E-state index is 0.314. The summed E-state index contributed by atoms with van der Waals surface area (Å²) in [6.07, 6.45) is 10.9. The zero-order valence-electron chi connectivity index (χ0n) is 13.9. The minimum absolute atomic E-state index is 0.314. The van der Waals surface area contributed by atoms with E-state index in [1.54, 1.807) is 17.5 Å². The molecule has 1 fully saturated rings. The van der Waals surface area contributed by atoms with Gasteiger partial charge < -0.3 is 5.32 Å². The van der Waals surface area contributed by atoms with Gasteiger partial charge in [0, 0.05) is 36.7 Å². The van der Waals surface area contributed by atoms with Crippen LogP contribution >= 0.6 is 11.3 Å². The van der Waals surface area contributed by atoms with Crippen LogP contribution in [0, 0.1) is 0 Å². The van der Waals surface area contributed by atoms with Crippen LogP contribution in [0.25, 0.3) is 0 Å². The normalized spacial score (nSPS) is 18.2. The average Bonchev–Trinajstić information content (AvgIpc) is 3.16. The monoisotopic (exact) mass is 352 g/mol. The van der Waals surface area contributed by atoms with E-state index in [4.69, 9.17) is 4.98 Å². The summed E-state index contributed by atoms with van der Waals surface area (Å²) in [5.74, 6) is 0.611. The fourth-order valence-electron chi connectivity index (χ4n) is 3.24. The van der Waals surface area contributed by atoms with Crippen LogP contribution in [0.3, 0.4) is 0 Å². The van der Waals surface area contributed by atoms with Gasteiger partial charge in [-0.3, -0.25) is 9.88 Å². The number of rotatable bonds is 5. The van der Waals surface area contributed by atoms with Gasteiger partial charge in [-0.05, 0) is 37.1 Å². The number of nitrogens with zero attached hydrogens (tertiary/aromatic N) is 5. The molecular weight excluding hydrogens is 332 g/mol. The van der Waals surface area contributed by atoms with E-state index in [0.29, 0.717) is 12.0 Å². The first kappa shape index (κ1) is 16.1. The van der Waals surface area contributed by atoms with Gasteiger partial charge in [0.1, 0.15) is 0 Å². The summed E-state index contributed by atoms with van der Waals surface area (Å²) < 4.78 is 0. The number of thiazole rings is 1. The topological polar surface area (TPSA) is 66.8 Å². The van der Waals surface area contributed by atoms with Crippen LogP contribution in [-0.4, -0.2) is 31.4 Å². The lowest BCUT2D eigenvalue weighted by Gasteiger charge is -2.35. The molecule has 1 aliphatic heterocycles. The highest BCUT2D eigenvalue weighted by atomic mass is 32.1. The second-order valence-corrected chi connectivity index (χ2v) is 7.01. The highest BCUT2D eigenvalue weighted by Crippen LogP contribution is 2.31. The number of piperidine rings is 1. The Morgan fingerprint density at radius 1 is 1.16 bits per heavy atom. The molecule has 4 heterocycles. The van der Waals surface area contributed by atoms with Gasteiger partial charge in [-0.2, -0.15) is 0 Å². The smallest absolute Gasteiger partial charge is 0.229 e. The third-order valence-corrected chi connectivity index (χ3v) is 5.08. The van der Waals surface area contributed by atoms with Gasteiger partial charge in [-0.25, -0.2) is 15.0 Å². The van der Waals surface area contributed by atoms with E-state index in [9.17, 15) is 0 Å². The molecule has 6 nitrogen and oxygen atoms in total. The lowest BCUT2D eigenvalue weighted by Crippen LogP contribution is -2.33. The maximum absolute atomic E-state index is 4.75. The molecule has 3 aromatic rings.